The molecule has 0 atom stereocenters. The minimum Gasteiger partial charge on any atom is -0.333 e. The summed E-state index contributed by atoms with van der Waals surface area (Å²) in [5.41, 5.74) is -0.598. The topological polar surface area (TPSA) is 61.4 Å². The van der Waals surface area contributed by atoms with Crippen molar-refractivity contribution in [1.29, 1.82) is 0 Å². The average Bonchev–Trinajstić information content (AvgIpc) is 2.71. The van der Waals surface area contributed by atoms with Crippen molar-refractivity contribution in [3.05, 3.63) is 29.8 Å². The first-order valence-corrected chi connectivity index (χ1v) is 6.34. The number of hydrogen-bond acceptors (Lipinski definition) is 3. The molecule has 0 spiro atoms. The van der Waals surface area contributed by atoms with E-state index in [1.807, 2.05) is 5.32 Å². The van der Waals surface area contributed by atoms with E-state index in [9.17, 15) is 18.4 Å². The summed E-state index contributed by atoms with van der Waals surface area (Å²) < 4.78 is 26.8. The molecular weight excluding hydrogens is 268 g/mol. The van der Waals surface area contributed by atoms with Gasteiger partial charge in [0.1, 0.15) is 17.3 Å². The standard InChI is InChI=1S/C13H15F2N3O2/c14-9-3-1-4-10(15)11(9)17-12(19)13(20)18-7-2-5-16-6-8-18/h1,3-4,16H,2,5-8H2,(H,17,19). The molecule has 2 N–H and O–H groups in total. The SMILES string of the molecule is O=C(Nc1c(F)cccc1F)C(=O)N1CCCNCC1. The van der Waals surface area contributed by atoms with Gasteiger partial charge in [-0.05, 0) is 25.1 Å². The van der Waals surface area contributed by atoms with Gasteiger partial charge >= 0.3 is 11.8 Å². The second-order valence-electron chi connectivity index (χ2n) is 4.45. The molecule has 1 heterocycles. The zero-order valence-electron chi connectivity index (χ0n) is 10.8. The van der Waals surface area contributed by atoms with Crippen LogP contribution in [0.1, 0.15) is 6.42 Å². The Morgan fingerprint density at radius 3 is 2.55 bits per heavy atom. The molecule has 1 aromatic rings. The van der Waals surface area contributed by atoms with E-state index < -0.39 is 29.1 Å². The Hall–Kier alpha value is -2.02. The molecular formula is C13H15F2N3O2. The van der Waals surface area contributed by atoms with Crippen LogP contribution in [0.5, 0.6) is 0 Å². The Labute approximate surface area is 114 Å². The Balaban J connectivity index is 2.05. The Morgan fingerprint density at radius 1 is 1.15 bits per heavy atom. The Bertz CT molecular complexity index is 494. The van der Waals surface area contributed by atoms with Gasteiger partial charge in [-0.15, -0.1) is 0 Å². The summed E-state index contributed by atoms with van der Waals surface area (Å²) in [5, 5.41) is 5.09. The lowest BCUT2D eigenvalue weighted by molar-refractivity contribution is -0.143. The van der Waals surface area contributed by atoms with Gasteiger partial charge in [0.15, 0.2) is 0 Å². The summed E-state index contributed by atoms with van der Waals surface area (Å²) in [7, 11) is 0. The number of carbonyl (C=O) groups excluding carboxylic acids is 2. The lowest BCUT2D eigenvalue weighted by Gasteiger charge is -2.19. The van der Waals surface area contributed by atoms with Gasteiger partial charge in [0.05, 0.1) is 0 Å². The fraction of sp³-hybridized carbons (Fsp3) is 0.385. The predicted molar refractivity (Wildman–Crippen MR) is 69.1 cm³/mol. The van der Waals surface area contributed by atoms with Gasteiger partial charge in [0, 0.05) is 19.6 Å². The second-order valence-corrected chi connectivity index (χ2v) is 4.45. The van der Waals surface area contributed by atoms with E-state index in [1.165, 1.54) is 11.0 Å². The first kappa shape index (κ1) is 14.4. The second kappa shape index (κ2) is 6.42. The van der Waals surface area contributed by atoms with Crippen molar-refractivity contribution in [3.63, 3.8) is 0 Å². The van der Waals surface area contributed by atoms with Crippen LogP contribution in [0, 0.1) is 11.6 Å². The van der Waals surface area contributed by atoms with Gasteiger partial charge in [0.25, 0.3) is 0 Å². The molecule has 0 aliphatic carbocycles. The smallest absolute Gasteiger partial charge is 0.314 e. The van der Waals surface area contributed by atoms with Crippen LogP contribution >= 0.6 is 0 Å². The minimum absolute atomic E-state index is 0.395. The van der Waals surface area contributed by atoms with Crippen LogP contribution in [0.2, 0.25) is 0 Å². The molecule has 2 rings (SSSR count). The third-order valence-electron chi connectivity index (χ3n) is 3.02. The highest BCUT2D eigenvalue weighted by atomic mass is 19.1. The normalized spacial score (nSPS) is 15.6. The molecule has 5 nitrogen and oxygen atoms in total. The number of amides is 2. The highest BCUT2D eigenvalue weighted by molar-refractivity contribution is 6.39. The monoisotopic (exact) mass is 283 g/mol. The third kappa shape index (κ3) is 3.30. The Kier molecular flexibility index (Phi) is 4.62. The Morgan fingerprint density at radius 2 is 1.85 bits per heavy atom. The number of nitrogens with zero attached hydrogens (tertiary/aromatic N) is 1. The maximum absolute atomic E-state index is 13.4. The zero-order chi connectivity index (χ0) is 14.5. The van der Waals surface area contributed by atoms with E-state index in [-0.39, 0.29) is 0 Å². The van der Waals surface area contributed by atoms with Crippen LogP contribution in [0.3, 0.4) is 0 Å². The minimum atomic E-state index is -1.03. The van der Waals surface area contributed by atoms with Gasteiger partial charge in [0.2, 0.25) is 0 Å². The van der Waals surface area contributed by atoms with E-state index in [0.29, 0.717) is 19.6 Å². The number of halogens is 2. The molecule has 0 bridgehead atoms. The molecule has 1 fully saturated rings. The number of benzene rings is 1. The summed E-state index contributed by atoms with van der Waals surface area (Å²) in [5.74, 6) is -3.64. The van der Waals surface area contributed by atoms with E-state index in [1.54, 1.807) is 0 Å². The summed E-state index contributed by atoms with van der Waals surface area (Å²) in [6.45, 7) is 2.20. The van der Waals surface area contributed by atoms with Gasteiger partial charge in [-0.25, -0.2) is 8.78 Å². The first-order chi connectivity index (χ1) is 9.59. The maximum Gasteiger partial charge on any atom is 0.314 e. The highest BCUT2D eigenvalue weighted by Gasteiger charge is 2.24. The summed E-state index contributed by atoms with van der Waals surface area (Å²) in [6, 6.07) is 3.21. The lowest BCUT2D eigenvalue weighted by atomic mass is 10.3. The molecule has 108 valence electrons. The largest absolute Gasteiger partial charge is 0.333 e. The van der Waals surface area contributed by atoms with E-state index >= 15 is 0 Å². The molecule has 0 unspecified atom stereocenters. The number of nitrogens with one attached hydrogen (secondary N) is 2. The quantitative estimate of drug-likeness (QED) is 0.747. The molecule has 20 heavy (non-hydrogen) atoms. The van der Waals surface area contributed by atoms with Crippen LogP contribution in [0.4, 0.5) is 14.5 Å². The van der Waals surface area contributed by atoms with Gasteiger partial charge in [-0.2, -0.15) is 0 Å². The van der Waals surface area contributed by atoms with E-state index in [4.69, 9.17) is 0 Å². The van der Waals surface area contributed by atoms with Crippen molar-refractivity contribution in [2.24, 2.45) is 0 Å². The zero-order valence-corrected chi connectivity index (χ0v) is 10.8. The van der Waals surface area contributed by atoms with Crippen molar-refractivity contribution in [2.45, 2.75) is 6.42 Å². The molecule has 1 aliphatic rings. The van der Waals surface area contributed by atoms with Gasteiger partial charge in [-0.1, -0.05) is 6.07 Å². The summed E-state index contributed by atoms with van der Waals surface area (Å²) in [6.07, 6.45) is 0.729. The van der Waals surface area contributed by atoms with Crippen molar-refractivity contribution < 1.29 is 18.4 Å². The molecule has 0 aromatic heterocycles. The van der Waals surface area contributed by atoms with Crippen LogP contribution in [0.15, 0.2) is 18.2 Å². The predicted octanol–water partition coefficient (Wildman–Crippen LogP) is 0.725. The van der Waals surface area contributed by atoms with E-state index in [2.05, 4.69) is 5.32 Å². The van der Waals surface area contributed by atoms with Crippen molar-refractivity contribution in [3.8, 4) is 0 Å². The number of rotatable bonds is 1. The van der Waals surface area contributed by atoms with Gasteiger partial charge in [-0.3, -0.25) is 9.59 Å². The molecule has 0 radical (unpaired) electrons. The van der Waals surface area contributed by atoms with Crippen LogP contribution in [0.25, 0.3) is 0 Å². The summed E-state index contributed by atoms with van der Waals surface area (Å²) >= 11 is 0. The fourth-order valence-electron chi connectivity index (χ4n) is 1.98. The lowest BCUT2D eigenvalue weighted by Crippen LogP contribution is -2.41. The van der Waals surface area contributed by atoms with Crippen molar-refractivity contribution in [1.82, 2.24) is 10.2 Å². The third-order valence-corrected chi connectivity index (χ3v) is 3.02. The van der Waals surface area contributed by atoms with Crippen molar-refractivity contribution >= 4 is 17.5 Å². The van der Waals surface area contributed by atoms with E-state index in [0.717, 1.165) is 25.1 Å². The fourth-order valence-corrected chi connectivity index (χ4v) is 1.98. The highest BCUT2D eigenvalue weighted by Crippen LogP contribution is 2.18. The van der Waals surface area contributed by atoms with Crippen LogP contribution in [-0.4, -0.2) is 42.9 Å². The van der Waals surface area contributed by atoms with Crippen LogP contribution in [-0.2, 0) is 9.59 Å². The molecule has 1 aliphatic heterocycles. The average molecular weight is 283 g/mol. The van der Waals surface area contributed by atoms with Crippen LogP contribution < -0.4 is 10.6 Å². The maximum atomic E-state index is 13.4. The molecule has 1 saturated heterocycles. The number of hydrogen-bond donors (Lipinski definition) is 2. The molecule has 1 aromatic carbocycles. The molecule has 0 saturated carbocycles. The van der Waals surface area contributed by atoms with Crippen molar-refractivity contribution in [2.75, 3.05) is 31.5 Å². The number of para-hydroxylation sites is 1. The number of carbonyl (C=O) groups is 2. The number of anilines is 1. The first-order valence-electron chi connectivity index (χ1n) is 6.34. The van der Waals surface area contributed by atoms with Gasteiger partial charge < -0.3 is 15.5 Å². The molecule has 7 heteroatoms. The molecule has 2 amide bonds. The summed E-state index contributed by atoms with van der Waals surface area (Å²) in [4.78, 5) is 25.1.